The summed E-state index contributed by atoms with van der Waals surface area (Å²) in [4.78, 5) is 11.0. The first-order valence-corrected chi connectivity index (χ1v) is 4.32. The third-order valence-corrected chi connectivity index (χ3v) is 3.16. The summed E-state index contributed by atoms with van der Waals surface area (Å²) in [7, 11) is 0. The predicted octanol–water partition coefficient (Wildman–Crippen LogP) is -0.0977. The summed E-state index contributed by atoms with van der Waals surface area (Å²) in [5.74, 6) is 0.385. The van der Waals surface area contributed by atoms with Crippen LogP contribution in [0.1, 0.15) is 6.42 Å². The minimum absolute atomic E-state index is 0.0810. The van der Waals surface area contributed by atoms with Crippen LogP contribution in [0.3, 0.4) is 0 Å². The van der Waals surface area contributed by atoms with Gasteiger partial charge in [0.15, 0.2) is 0 Å². The molecule has 2 aliphatic rings. The lowest BCUT2D eigenvalue weighted by Gasteiger charge is -2.23. The van der Waals surface area contributed by atoms with Crippen molar-refractivity contribution >= 4 is 5.91 Å². The molecule has 0 saturated heterocycles. The summed E-state index contributed by atoms with van der Waals surface area (Å²) >= 11 is 0. The lowest BCUT2D eigenvalue weighted by molar-refractivity contribution is -0.124. The van der Waals surface area contributed by atoms with Crippen molar-refractivity contribution in [3.05, 3.63) is 12.2 Å². The van der Waals surface area contributed by atoms with E-state index in [1.54, 1.807) is 0 Å². The van der Waals surface area contributed by atoms with Crippen molar-refractivity contribution in [3.63, 3.8) is 0 Å². The average molecular weight is 167 g/mol. The van der Waals surface area contributed by atoms with Gasteiger partial charge in [-0.25, -0.2) is 0 Å². The van der Waals surface area contributed by atoms with Crippen molar-refractivity contribution in [3.8, 4) is 0 Å². The van der Waals surface area contributed by atoms with Crippen molar-refractivity contribution in [2.75, 3.05) is 6.61 Å². The summed E-state index contributed by atoms with van der Waals surface area (Å²) in [6.45, 7) is 0.0825. The highest BCUT2D eigenvalue weighted by Gasteiger charge is 2.46. The van der Waals surface area contributed by atoms with Gasteiger partial charge in [-0.1, -0.05) is 12.2 Å². The molecule has 0 aromatic heterocycles. The normalized spacial score (nSPS) is 43.8. The molecule has 1 amide bonds. The molecule has 4 atom stereocenters. The number of nitrogens with two attached hydrogens (primary N) is 1. The van der Waals surface area contributed by atoms with E-state index in [-0.39, 0.29) is 24.3 Å². The molecule has 0 unspecified atom stereocenters. The van der Waals surface area contributed by atoms with E-state index in [1.165, 1.54) is 0 Å². The Morgan fingerprint density at radius 1 is 1.50 bits per heavy atom. The van der Waals surface area contributed by atoms with Crippen LogP contribution >= 0.6 is 0 Å². The highest BCUT2D eigenvalue weighted by Crippen LogP contribution is 2.47. The molecule has 1 fully saturated rings. The van der Waals surface area contributed by atoms with E-state index in [1.807, 2.05) is 0 Å². The lowest BCUT2D eigenvalue weighted by atomic mass is 9.83. The van der Waals surface area contributed by atoms with E-state index in [4.69, 9.17) is 10.8 Å². The van der Waals surface area contributed by atoms with Crippen LogP contribution in [0.4, 0.5) is 0 Å². The first-order chi connectivity index (χ1) is 5.74. The Hall–Kier alpha value is -0.830. The second kappa shape index (κ2) is 2.59. The van der Waals surface area contributed by atoms with Crippen LogP contribution in [-0.4, -0.2) is 17.6 Å². The molecule has 0 heterocycles. The zero-order chi connectivity index (χ0) is 8.72. The summed E-state index contributed by atoms with van der Waals surface area (Å²) in [5, 5.41) is 9.07. The zero-order valence-electron chi connectivity index (χ0n) is 6.81. The molecule has 2 aliphatic carbocycles. The van der Waals surface area contributed by atoms with Gasteiger partial charge in [0.25, 0.3) is 0 Å². The van der Waals surface area contributed by atoms with Gasteiger partial charge in [0.2, 0.25) is 5.91 Å². The molecule has 0 radical (unpaired) electrons. The molecule has 12 heavy (non-hydrogen) atoms. The lowest BCUT2D eigenvalue weighted by Crippen LogP contribution is -2.34. The Kier molecular flexibility index (Phi) is 1.68. The predicted molar refractivity (Wildman–Crippen MR) is 44.0 cm³/mol. The smallest absolute Gasteiger partial charge is 0.221 e. The number of allylic oxidation sites excluding steroid dienone is 2. The minimum Gasteiger partial charge on any atom is -0.396 e. The summed E-state index contributed by atoms with van der Waals surface area (Å²) in [6.07, 6.45) is 5.16. The number of carbonyl (C=O) groups excluding carboxylic acids is 1. The van der Waals surface area contributed by atoms with Crippen LogP contribution in [-0.2, 0) is 4.79 Å². The molecular formula is C9H13NO2. The van der Waals surface area contributed by atoms with E-state index in [0.717, 1.165) is 6.42 Å². The molecule has 2 rings (SSSR count). The molecule has 3 nitrogen and oxygen atoms in total. The van der Waals surface area contributed by atoms with Crippen LogP contribution in [0.15, 0.2) is 12.2 Å². The Morgan fingerprint density at radius 2 is 2.17 bits per heavy atom. The van der Waals surface area contributed by atoms with E-state index >= 15 is 0 Å². The maximum absolute atomic E-state index is 11.0. The first-order valence-electron chi connectivity index (χ1n) is 4.32. The molecule has 3 heteroatoms. The van der Waals surface area contributed by atoms with E-state index in [2.05, 4.69) is 12.2 Å². The topological polar surface area (TPSA) is 63.3 Å². The van der Waals surface area contributed by atoms with Crippen LogP contribution in [0.25, 0.3) is 0 Å². The van der Waals surface area contributed by atoms with Gasteiger partial charge >= 0.3 is 0 Å². The van der Waals surface area contributed by atoms with Gasteiger partial charge in [0, 0.05) is 18.4 Å². The second-order valence-electron chi connectivity index (χ2n) is 3.72. The first kappa shape index (κ1) is 7.80. The molecule has 0 aliphatic heterocycles. The van der Waals surface area contributed by atoms with Crippen molar-refractivity contribution in [1.82, 2.24) is 0 Å². The largest absolute Gasteiger partial charge is 0.396 e. The van der Waals surface area contributed by atoms with Gasteiger partial charge < -0.3 is 10.8 Å². The monoisotopic (exact) mass is 167 g/mol. The van der Waals surface area contributed by atoms with Crippen LogP contribution in [0.5, 0.6) is 0 Å². The second-order valence-corrected chi connectivity index (χ2v) is 3.72. The molecule has 0 spiro atoms. The molecule has 66 valence electrons. The summed E-state index contributed by atoms with van der Waals surface area (Å²) < 4.78 is 0. The van der Waals surface area contributed by atoms with Gasteiger partial charge in [0.1, 0.15) is 0 Å². The van der Waals surface area contributed by atoms with Crippen molar-refractivity contribution in [2.45, 2.75) is 6.42 Å². The highest BCUT2D eigenvalue weighted by molar-refractivity contribution is 5.78. The van der Waals surface area contributed by atoms with E-state index < -0.39 is 0 Å². The standard InChI is InChI=1S/C9H13NO2/c10-9(12)8-6-2-1-5(3-6)7(8)4-11/h1-2,5-8,11H,3-4H2,(H2,10,12)/t5-,6+,7+,8-/m0/s1. The number of rotatable bonds is 2. The van der Waals surface area contributed by atoms with Crippen LogP contribution < -0.4 is 5.73 Å². The zero-order valence-corrected chi connectivity index (χ0v) is 6.81. The number of amides is 1. The fourth-order valence-corrected chi connectivity index (χ4v) is 2.60. The van der Waals surface area contributed by atoms with Crippen molar-refractivity contribution in [1.29, 1.82) is 0 Å². The van der Waals surface area contributed by atoms with Gasteiger partial charge in [-0.05, 0) is 18.3 Å². The SMILES string of the molecule is NC(=O)[C@@H]1[C@H](CO)[C@H]2C=C[C@@H]1C2. The third kappa shape index (κ3) is 0.894. The Balaban J connectivity index is 2.23. The summed E-state index contributed by atoms with van der Waals surface area (Å²) in [6, 6.07) is 0. The number of aliphatic hydroxyl groups is 1. The van der Waals surface area contributed by atoms with Gasteiger partial charge in [0.05, 0.1) is 0 Å². The van der Waals surface area contributed by atoms with Crippen LogP contribution in [0.2, 0.25) is 0 Å². The number of hydrogen-bond acceptors (Lipinski definition) is 2. The quantitative estimate of drug-likeness (QED) is 0.564. The number of primary amides is 1. The van der Waals surface area contributed by atoms with Crippen molar-refractivity contribution < 1.29 is 9.90 Å². The molecule has 0 aromatic carbocycles. The molecule has 3 N–H and O–H groups in total. The van der Waals surface area contributed by atoms with Gasteiger partial charge in [-0.15, -0.1) is 0 Å². The fourth-order valence-electron chi connectivity index (χ4n) is 2.60. The molecule has 1 saturated carbocycles. The molecule has 2 bridgehead atoms. The van der Waals surface area contributed by atoms with Gasteiger partial charge in [-0.2, -0.15) is 0 Å². The maximum Gasteiger partial charge on any atom is 0.221 e. The minimum atomic E-state index is -0.258. The highest BCUT2D eigenvalue weighted by atomic mass is 16.3. The fraction of sp³-hybridized carbons (Fsp3) is 0.667. The Morgan fingerprint density at radius 3 is 2.67 bits per heavy atom. The number of hydrogen-bond donors (Lipinski definition) is 2. The number of fused-ring (bicyclic) bond motifs is 2. The molecule has 0 aromatic rings. The van der Waals surface area contributed by atoms with Gasteiger partial charge in [-0.3, -0.25) is 4.79 Å². The van der Waals surface area contributed by atoms with E-state index in [9.17, 15) is 4.79 Å². The summed E-state index contributed by atoms with van der Waals surface area (Å²) in [5.41, 5.74) is 5.27. The Bertz CT molecular complexity index is 237. The maximum atomic E-state index is 11.0. The van der Waals surface area contributed by atoms with E-state index in [0.29, 0.717) is 11.8 Å². The van der Waals surface area contributed by atoms with Crippen molar-refractivity contribution in [2.24, 2.45) is 29.4 Å². The Labute approximate surface area is 71.3 Å². The molecular weight excluding hydrogens is 154 g/mol. The third-order valence-electron chi connectivity index (χ3n) is 3.16. The number of carbonyl (C=O) groups is 1. The average Bonchev–Trinajstić information content (AvgIpc) is 2.60. The number of aliphatic hydroxyl groups excluding tert-OH is 1. The van der Waals surface area contributed by atoms with Crippen LogP contribution in [0, 0.1) is 23.7 Å².